The molecule has 4 nitrogen and oxygen atoms in total. The molecule has 0 amide bonds. The van der Waals surface area contributed by atoms with E-state index in [-0.39, 0.29) is 6.04 Å². The predicted octanol–water partition coefficient (Wildman–Crippen LogP) is 3.51. The molecule has 0 spiro atoms. The Labute approximate surface area is 135 Å². The van der Waals surface area contributed by atoms with Gasteiger partial charge < -0.3 is 9.72 Å². The van der Waals surface area contributed by atoms with Gasteiger partial charge in [0.2, 0.25) is 0 Å². The zero-order chi connectivity index (χ0) is 14.9. The van der Waals surface area contributed by atoms with Gasteiger partial charge >= 0.3 is 0 Å². The summed E-state index contributed by atoms with van der Waals surface area (Å²) in [4.78, 5) is 10.6. The Morgan fingerprint density at radius 2 is 2.27 bits per heavy atom. The average molecular weight is 318 g/mol. The van der Waals surface area contributed by atoms with Crippen molar-refractivity contribution in [1.29, 1.82) is 0 Å². The van der Waals surface area contributed by atoms with Crippen molar-refractivity contribution in [2.24, 2.45) is 5.92 Å². The molecule has 1 aliphatic carbocycles. The molecule has 1 saturated carbocycles. The second kappa shape index (κ2) is 6.03. The first-order valence-electron chi connectivity index (χ1n) is 7.92. The number of nitrogens with one attached hydrogen (secondary N) is 1. The van der Waals surface area contributed by atoms with Crippen molar-refractivity contribution in [1.82, 2.24) is 14.9 Å². The topological polar surface area (TPSA) is 41.1 Å². The SMILES string of the molecule is Clc1cccc(-c2cnc([C@@H]3COCCN3CC3CC3)[nH]2)c1. The summed E-state index contributed by atoms with van der Waals surface area (Å²) >= 11 is 6.08. The Morgan fingerprint density at radius 3 is 3.09 bits per heavy atom. The quantitative estimate of drug-likeness (QED) is 0.938. The molecule has 2 fully saturated rings. The molecule has 116 valence electrons. The van der Waals surface area contributed by atoms with Crippen molar-refractivity contribution >= 4 is 11.6 Å². The van der Waals surface area contributed by atoms with Crippen LogP contribution in [0.5, 0.6) is 0 Å². The summed E-state index contributed by atoms with van der Waals surface area (Å²) in [6.45, 7) is 3.70. The largest absolute Gasteiger partial charge is 0.378 e. The molecule has 5 heteroatoms. The minimum atomic E-state index is 0.238. The number of imidazole rings is 1. The Kier molecular flexibility index (Phi) is 3.90. The summed E-state index contributed by atoms with van der Waals surface area (Å²) in [5, 5.41) is 0.741. The van der Waals surface area contributed by atoms with Crippen LogP contribution in [-0.2, 0) is 4.74 Å². The van der Waals surface area contributed by atoms with E-state index in [9.17, 15) is 0 Å². The fourth-order valence-corrected chi connectivity index (χ4v) is 3.24. The van der Waals surface area contributed by atoms with Gasteiger partial charge in [0.1, 0.15) is 5.82 Å². The molecule has 1 N–H and O–H groups in total. The molecule has 2 heterocycles. The number of hydrogen-bond donors (Lipinski definition) is 1. The van der Waals surface area contributed by atoms with Crippen molar-refractivity contribution in [2.45, 2.75) is 18.9 Å². The number of nitrogens with zero attached hydrogens (tertiary/aromatic N) is 2. The Bertz CT molecular complexity index is 653. The molecule has 22 heavy (non-hydrogen) atoms. The first-order valence-corrected chi connectivity index (χ1v) is 8.30. The molecule has 1 aliphatic heterocycles. The number of hydrogen-bond acceptors (Lipinski definition) is 3. The average Bonchev–Trinajstić information content (AvgIpc) is 3.21. The predicted molar refractivity (Wildman–Crippen MR) is 86.9 cm³/mol. The van der Waals surface area contributed by atoms with Gasteiger partial charge in [-0.3, -0.25) is 4.90 Å². The van der Waals surface area contributed by atoms with Gasteiger partial charge in [-0.05, 0) is 30.9 Å². The Morgan fingerprint density at radius 1 is 1.36 bits per heavy atom. The molecular weight excluding hydrogens is 298 g/mol. The van der Waals surface area contributed by atoms with E-state index in [1.807, 2.05) is 30.5 Å². The molecule has 2 aromatic rings. The summed E-state index contributed by atoms with van der Waals surface area (Å²) in [6, 6.07) is 8.08. The van der Waals surface area contributed by atoms with E-state index in [0.29, 0.717) is 0 Å². The van der Waals surface area contributed by atoms with E-state index in [1.54, 1.807) is 0 Å². The zero-order valence-corrected chi connectivity index (χ0v) is 13.2. The number of halogens is 1. The Hall–Kier alpha value is -1.36. The number of H-pyrrole nitrogens is 1. The minimum Gasteiger partial charge on any atom is -0.378 e. The molecule has 1 atom stereocenters. The molecule has 4 rings (SSSR count). The van der Waals surface area contributed by atoms with Gasteiger partial charge in [-0.25, -0.2) is 4.98 Å². The fraction of sp³-hybridized carbons (Fsp3) is 0.471. The summed E-state index contributed by atoms with van der Waals surface area (Å²) in [5.41, 5.74) is 2.08. The van der Waals surface area contributed by atoms with Gasteiger partial charge in [0.25, 0.3) is 0 Å². The Balaban J connectivity index is 1.56. The number of aromatic amines is 1. The maximum atomic E-state index is 6.08. The number of rotatable bonds is 4. The highest BCUT2D eigenvalue weighted by atomic mass is 35.5. The number of ether oxygens (including phenoxy) is 1. The molecule has 1 aromatic heterocycles. The van der Waals surface area contributed by atoms with Crippen LogP contribution in [0.25, 0.3) is 11.3 Å². The smallest absolute Gasteiger partial charge is 0.126 e. The van der Waals surface area contributed by atoms with E-state index in [4.69, 9.17) is 16.3 Å². The number of aromatic nitrogens is 2. The molecule has 0 bridgehead atoms. The molecule has 2 aliphatic rings. The van der Waals surface area contributed by atoms with Crippen LogP contribution in [0.1, 0.15) is 24.7 Å². The zero-order valence-electron chi connectivity index (χ0n) is 12.5. The minimum absolute atomic E-state index is 0.238. The normalized spacial score (nSPS) is 22.9. The highest BCUT2D eigenvalue weighted by Crippen LogP contribution is 2.33. The van der Waals surface area contributed by atoms with E-state index in [1.165, 1.54) is 19.4 Å². The summed E-state index contributed by atoms with van der Waals surface area (Å²) in [5.74, 6) is 1.87. The first-order chi connectivity index (χ1) is 10.8. The van der Waals surface area contributed by atoms with Gasteiger partial charge in [-0.2, -0.15) is 0 Å². The van der Waals surface area contributed by atoms with E-state index < -0.39 is 0 Å². The van der Waals surface area contributed by atoms with Crippen molar-refractivity contribution in [3.05, 3.63) is 41.3 Å². The molecular formula is C17H20ClN3O. The first kappa shape index (κ1) is 14.2. The summed E-state index contributed by atoms with van der Waals surface area (Å²) < 4.78 is 5.68. The van der Waals surface area contributed by atoms with E-state index in [2.05, 4.69) is 14.9 Å². The maximum Gasteiger partial charge on any atom is 0.126 e. The third-order valence-corrected chi connectivity index (χ3v) is 4.71. The lowest BCUT2D eigenvalue weighted by Gasteiger charge is -2.34. The molecule has 1 aromatic carbocycles. The van der Waals surface area contributed by atoms with Gasteiger partial charge in [-0.15, -0.1) is 0 Å². The highest BCUT2D eigenvalue weighted by Gasteiger charge is 2.32. The van der Waals surface area contributed by atoms with Crippen LogP contribution in [0.2, 0.25) is 5.02 Å². The second-order valence-electron chi connectivity index (χ2n) is 6.22. The number of morpholine rings is 1. The standard InChI is InChI=1S/C17H20ClN3O/c18-14-3-1-2-13(8-14)15-9-19-17(20-15)16-11-22-7-6-21(16)10-12-4-5-12/h1-3,8-9,12,16H,4-7,10-11H2,(H,19,20)/t16-/m0/s1. The summed E-state index contributed by atoms with van der Waals surface area (Å²) in [6.07, 6.45) is 4.64. The van der Waals surface area contributed by atoms with Crippen LogP contribution in [0.15, 0.2) is 30.5 Å². The van der Waals surface area contributed by atoms with Gasteiger partial charge in [0.15, 0.2) is 0 Å². The third-order valence-electron chi connectivity index (χ3n) is 4.48. The van der Waals surface area contributed by atoms with E-state index >= 15 is 0 Å². The van der Waals surface area contributed by atoms with Crippen LogP contribution < -0.4 is 0 Å². The van der Waals surface area contributed by atoms with Crippen LogP contribution >= 0.6 is 11.6 Å². The van der Waals surface area contributed by atoms with Crippen molar-refractivity contribution in [3.8, 4) is 11.3 Å². The van der Waals surface area contributed by atoms with Crippen LogP contribution in [0.3, 0.4) is 0 Å². The fourth-order valence-electron chi connectivity index (χ4n) is 3.05. The maximum absolute atomic E-state index is 6.08. The number of benzene rings is 1. The lowest BCUT2D eigenvalue weighted by atomic mass is 10.2. The van der Waals surface area contributed by atoms with Crippen molar-refractivity contribution in [3.63, 3.8) is 0 Å². The third kappa shape index (κ3) is 3.05. The van der Waals surface area contributed by atoms with Crippen LogP contribution in [0, 0.1) is 5.92 Å². The summed E-state index contributed by atoms with van der Waals surface area (Å²) in [7, 11) is 0. The lowest BCUT2D eigenvalue weighted by Crippen LogP contribution is -2.41. The lowest BCUT2D eigenvalue weighted by molar-refractivity contribution is -0.0134. The van der Waals surface area contributed by atoms with E-state index in [0.717, 1.165) is 47.8 Å². The molecule has 1 saturated heterocycles. The van der Waals surface area contributed by atoms with Gasteiger partial charge in [0.05, 0.1) is 31.1 Å². The van der Waals surface area contributed by atoms with Crippen molar-refractivity contribution in [2.75, 3.05) is 26.3 Å². The highest BCUT2D eigenvalue weighted by molar-refractivity contribution is 6.30. The van der Waals surface area contributed by atoms with Gasteiger partial charge in [-0.1, -0.05) is 23.7 Å². The molecule has 0 radical (unpaired) electrons. The van der Waals surface area contributed by atoms with Crippen molar-refractivity contribution < 1.29 is 4.74 Å². The van der Waals surface area contributed by atoms with Gasteiger partial charge in [0, 0.05) is 23.7 Å². The second-order valence-corrected chi connectivity index (χ2v) is 6.66. The molecule has 0 unspecified atom stereocenters. The van der Waals surface area contributed by atoms with Crippen LogP contribution in [-0.4, -0.2) is 41.2 Å². The monoisotopic (exact) mass is 317 g/mol. The van der Waals surface area contributed by atoms with Crippen LogP contribution in [0.4, 0.5) is 0 Å².